The van der Waals surface area contributed by atoms with Crippen molar-refractivity contribution in [3.05, 3.63) is 58.6 Å². The van der Waals surface area contributed by atoms with Gasteiger partial charge in [0.05, 0.1) is 23.9 Å². The van der Waals surface area contributed by atoms with Crippen molar-refractivity contribution < 1.29 is 18.7 Å². The van der Waals surface area contributed by atoms with Crippen molar-refractivity contribution in [2.75, 3.05) is 20.8 Å². The zero-order valence-electron chi connectivity index (χ0n) is 13.9. The van der Waals surface area contributed by atoms with Crippen LogP contribution in [0.4, 0.5) is 4.39 Å². The Hall–Kier alpha value is -2.51. The van der Waals surface area contributed by atoms with Crippen molar-refractivity contribution in [1.29, 1.82) is 0 Å². The standard InChI is InChI=1S/C18H17FN2O3S/c1-23-10-9-21-15-8-7-14(24-2)11-16(15)25-18(21)20-17(22)12-3-5-13(19)6-4-12/h3-8,11H,9-10H2,1-2H3. The summed E-state index contributed by atoms with van der Waals surface area (Å²) < 4.78 is 26.3. The average Bonchev–Trinajstić information content (AvgIpc) is 2.96. The molecule has 0 N–H and O–H groups in total. The highest BCUT2D eigenvalue weighted by Gasteiger charge is 2.10. The molecule has 0 saturated carbocycles. The van der Waals surface area contributed by atoms with Crippen LogP contribution in [0.5, 0.6) is 5.75 Å². The highest BCUT2D eigenvalue weighted by atomic mass is 32.1. The summed E-state index contributed by atoms with van der Waals surface area (Å²) in [4.78, 5) is 17.2. The normalized spacial score (nSPS) is 11.9. The second-order valence-corrected chi connectivity index (χ2v) is 6.30. The monoisotopic (exact) mass is 360 g/mol. The molecule has 0 radical (unpaired) electrons. The van der Waals surface area contributed by atoms with Crippen LogP contribution in [-0.4, -0.2) is 31.3 Å². The van der Waals surface area contributed by atoms with Gasteiger partial charge < -0.3 is 14.0 Å². The molecule has 1 heterocycles. The number of amides is 1. The Morgan fingerprint density at radius 3 is 2.64 bits per heavy atom. The number of thiazole rings is 1. The average molecular weight is 360 g/mol. The molecule has 7 heteroatoms. The van der Waals surface area contributed by atoms with E-state index in [9.17, 15) is 9.18 Å². The summed E-state index contributed by atoms with van der Waals surface area (Å²) in [5.41, 5.74) is 1.29. The molecule has 0 atom stereocenters. The lowest BCUT2D eigenvalue weighted by atomic mass is 10.2. The molecule has 25 heavy (non-hydrogen) atoms. The lowest BCUT2D eigenvalue weighted by Crippen LogP contribution is -2.19. The maximum Gasteiger partial charge on any atom is 0.279 e. The van der Waals surface area contributed by atoms with Crippen molar-refractivity contribution in [3.8, 4) is 5.75 Å². The van der Waals surface area contributed by atoms with E-state index < -0.39 is 5.91 Å². The predicted molar refractivity (Wildman–Crippen MR) is 94.5 cm³/mol. The second kappa shape index (κ2) is 7.58. The number of hydrogen-bond donors (Lipinski definition) is 0. The van der Waals surface area contributed by atoms with Crippen LogP contribution in [-0.2, 0) is 11.3 Å². The first-order valence-electron chi connectivity index (χ1n) is 7.63. The third kappa shape index (κ3) is 3.78. The first-order valence-corrected chi connectivity index (χ1v) is 8.45. The molecule has 3 aromatic rings. The molecule has 0 fully saturated rings. The summed E-state index contributed by atoms with van der Waals surface area (Å²) in [6.07, 6.45) is 0. The zero-order valence-corrected chi connectivity index (χ0v) is 14.7. The van der Waals surface area contributed by atoms with Gasteiger partial charge in [-0.2, -0.15) is 4.99 Å². The van der Waals surface area contributed by atoms with Gasteiger partial charge in [0.1, 0.15) is 11.6 Å². The maximum atomic E-state index is 13.0. The van der Waals surface area contributed by atoms with E-state index in [1.165, 1.54) is 35.6 Å². The van der Waals surface area contributed by atoms with Crippen molar-refractivity contribution in [3.63, 3.8) is 0 Å². The van der Waals surface area contributed by atoms with E-state index >= 15 is 0 Å². The number of carbonyl (C=O) groups excluding carboxylic acids is 1. The van der Waals surface area contributed by atoms with Gasteiger partial charge in [0.2, 0.25) is 0 Å². The molecule has 0 aliphatic carbocycles. The van der Waals surface area contributed by atoms with Gasteiger partial charge in [-0.3, -0.25) is 4.79 Å². The van der Waals surface area contributed by atoms with Crippen LogP contribution in [0.15, 0.2) is 47.5 Å². The number of aromatic nitrogens is 1. The fraction of sp³-hybridized carbons (Fsp3) is 0.222. The Labute approximate surface area is 148 Å². The summed E-state index contributed by atoms with van der Waals surface area (Å²) in [5, 5.41) is 0. The Morgan fingerprint density at radius 2 is 1.96 bits per heavy atom. The first kappa shape index (κ1) is 17.3. The van der Waals surface area contributed by atoms with Gasteiger partial charge in [-0.1, -0.05) is 11.3 Å². The lowest BCUT2D eigenvalue weighted by Gasteiger charge is -2.05. The summed E-state index contributed by atoms with van der Waals surface area (Å²) in [6.45, 7) is 1.06. The van der Waals surface area contributed by atoms with E-state index in [0.29, 0.717) is 23.5 Å². The number of fused-ring (bicyclic) bond motifs is 1. The molecule has 0 bridgehead atoms. The molecule has 0 unspecified atom stereocenters. The molecule has 2 aromatic carbocycles. The quantitative estimate of drug-likeness (QED) is 0.702. The molecule has 0 saturated heterocycles. The SMILES string of the molecule is COCCn1c(=NC(=O)c2ccc(F)cc2)sc2cc(OC)ccc21. The topological polar surface area (TPSA) is 52.8 Å². The molecule has 0 aliphatic rings. The Kier molecular flexibility index (Phi) is 5.25. The largest absolute Gasteiger partial charge is 0.497 e. The highest BCUT2D eigenvalue weighted by Crippen LogP contribution is 2.23. The molecule has 130 valence electrons. The van der Waals surface area contributed by atoms with Gasteiger partial charge in [0, 0.05) is 19.2 Å². The van der Waals surface area contributed by atoms with Crippen LogP contribution in [0.3, 0.4) is 0 Å². The molecule has 3 rings (SSSR count). The molecular weight excluding hydrogens is 343 g/mol. The number of methoxy groups -OCH3 is 2. The molecule has 1 aromatic heterocycles. The van der Waals surface area contributed by atoms with Crippen LogP contribution in [0.25, 0.3) is 10.2 Å². The van der Waals surface area contributed by atoms with Crippen LogP contribution in [0, 0.1) is 5.82 Å². The van der Waals surface area contributed by atoms with E-state index in [-0.39, 0.29) is 5.82 Å². The van der Waals surface area contributed by atoms with E-state index in [4.69, 9.17) is 9.47 Å². The van der Waals surface area contributed by atoms with E-state index in [1.807, 2.05) is 22.8 Å². The third-order valence-electron chi connectivity index (χ3n) is 3.70. The van der Waals surface area contributed by atoms with Crippen molar-refractivity contribution in [1.82, 2.24) is 4.57 Å². The van der Waals surface area contributed by atoms with Gasteiger partial charge >= 0.3 is 0 Å². The summed E-state index contributed by atoms with van der Waals surface area (Å²) in [5.74, 6) is -0.0607. The van der Waals surface area contributed by atoms with Gasteiger partial charge in [0.25, 0.3) is 5.91 Å². The van der Waals surface area contributed by atoms with E-state index in [2.05, 4.69) is 4.99 Å². The fourth-order valence-corrected chi connectivity index (χ4v) is 3.49. The Balaban J connectivity index is 2.09. The van der Waals surface area contributed by atoms with E-state index in [1.54, 1.807) is 14.2 Å². The van der Waals surface area contributed by atoms with Crippen molar-refractivity contribution >= 4 is 27.5 Å². The predicted octanol–water partition coefficient (Wildman–Crippen LogP) is 3.24. The number of nitrogens with zero attached hydrogens (tertiary/aromatic N) is 2. The number of halogens is 1. The molecule has 5 nitrogen and oxygen atoms in total. The number of rotatable bonds is 5. The second-order valence-electron chi connectivity index (χ2n) is 5.29. The van der Waals surface area contributed by atoms with Gasteiger partial charge in [-0.15, -0.1) is 0 Å². The minimum Gasteiger partial charge on any atom is -0.497 e. The Morgan fingerprint density at radius 1 is 1.20 bits per heavy atom. The van der Waals surface area contributed by atoms with Gasteiger partial charge in [-0.25, -0.2) is 4.39 Å². The minimum absolute atomic E-state index is 0.342. The molecular formula is C18H17FN2O3S. The lowest BCUT2D eigenvalue weighted by molar-refractivity contribution is 0.0997. The minimum atomic E-state index is -0.412. The third-order valence-corrected chi connectivity index (χ3v) is 4.74. The van der Waals surface area contributed by atoms with Crippen LogP contribution < -0.4 is 9.54 Å². The zero-order chi connectivity index (χ0) is 17.8. The fourth-order valence-electron chi connectivity index (χ4n) is 2.41. The van der Waals surface area contributed by atoms with E-state index in [0.717, 1.165) is 16.0 Å². The number of hydrogen-bond acceptors (Lipinski definition) is 4. The molecule has 0 aliphatic heterocycles. The van der Waals surface area contributed by atoms with Crippen LogP contribution in [0.1, 0.15) is 10.4 Å². The number of carbonyl (C=O) groups is 1. The number of benzene rings is 2. The van der Waals surface area contributed by atoms with Crippen molar-refractivity contribution in [2.24, 2.45) is 4.99 Å². The maximum absolute atomic E-state index is 13.0. The number of ether oxygens (including phenoxy) is 2. The van der Waals surface area contributed by atoms with Crippen molar-refractivity contribution in [2.45, 2.75) is 6.54 Å². The summed E-state index contributed by atoms with van der Waals surface area (Å²) in [7, 11) is 3.23. The highest BCUT2D eigenvalue weighted by molar-refractivity contribution is 7.16. The van der Waals surface area contributed by atoms with Gasteiger partial charge in [0.15, 0.2) is 4.80 Å². The van der Waals surface area contributed by atoms with Gasteiger partial charge in [-0.05, 0) is 42.5 Å². The first-order chi connectivity index (χ1) is 12.1. The van der Waals surface area contributed by atoms with Crippen LogP contribution in [0.2, 0.25) is 0 Å². The Bertz CT molecular complexity index is 961. The van der Waals surface area contributed by atoms with Crippen LogP contribution >= 0.6 is 11.3 Å². The summed E-state index contributed by atoms with van der Waals surface area (Å²) >= 11 is 1.40. The smallest absolute Gasteiger partial charge is 0.279 e. The molecule has 0 spiro atoms. The molecule has 1 amide bonds. The summed E-state index contributed by atoms with van der Waals surface area (Å²) in [6, 6.07) is 11.1.